The number of aromatic nitrogens is 1. The van der Waals surface area contributed by atoms with Crippen LogP contribution in [0.1, 0.15) is 16.1 Å². The van der Waals surface area contributed by atoms with Gasteiger partial charge >= 0.3 is 17.8 Å². The molecule has 0 atom stereocenters. The topological polar surface area (TPSA) is 92.8 Å². The summed E-state index contributed by atoms with van der Waals surface area (Å²) in [5.41, 5.74) is 2.75. The molecule has 8 heteroatoms. The summed E-state index contributed by atoms with van der Waals surface area (Å²) in [6, 6.07) is 19.2. The number of amides is 4. The quantitative estimate of drug-likeness (QED) is 0.259. The minimum atomic E-state index is -1.03. The number of aryl methyl sites for hydroxylation is 1. The lowest BCUT2D eigenvalue weighted by Gasteiger charge is -2.15. The van der Waals surface area contributed by atoms with E-state index in [1.165, 1.54) is 6.26 Å². The zero-order chi connectivity index (χ0) is 23.1. The van der Waals surface area contributed by atoms with E-state index in [1.54, 1.807) is 12.1 Å². The Bertz CT molecular complexity index is 1400. The third-order valence-corrected chi connectivity index (χ3v) is 5.76. The number of benzene rings is 2. The van der Waals surface area contributed by atoms with E-state index >= 15 is 0 Å². The lowest BCUT2D eigenvalue weighted by Crippen LogP contribution is -2.37. The average molecular weight is 441 g/mol. The standard InChI is InChI=1S/C25H19N3O5/c1-26-19-12-6-5-11-18(19)21(22(26)16-8-3-2-4-9-16)20(29)15-28-24(31)23(30)27(25(28)32)14-17-10-7-13-33-17/h2-13H,14-15H2,1H3. The molecule has 164 valence electrons. The molecule has 1 aliphatic rings. The van der Waals surface area contributed by atoms with Crippen molar-refractivity contribution >= 4 is 34.5 Å². The fourth-order valence-electron chi connectivity index (χ4n) is 4.22. The molecule has 1 aliphatic heterocycles. The van der Waals surface area contributed by atoms with Crippen molar-refractivity contribution in [2.24, 2.45) is 7.05 Å². The largest absolute Gasteiger partial charge is 0.467 e. The smallest absolute Gasteiger partial charge is 0.335 e. The number of imide groups is 2. The summed E-state index contributed by atoms with van der Waals surface area (Å²) >= 11 is 0. The molecule has 0 radical (unpaired) electrons. The number of hydrogen-bond donors (Lipinski definition) is 0. The zero-order valence-corrected chi connectivity index (χ0v) is 17.7. The molecule has 2 aromatic heterocycles. The van der Waals surface area contributed by atoms with Crippen LogP contribution in [0.25, 0.3) is 22.2 Å². The van der Waals surface area contributed by atoms with Gasteiger partial charge in [0, 0.05) is 18.0 Å². The number of furan rings is 1. The molecule has 0 bridgehead atoms. The predicted octanol–water partition coefficient (Wildman–Crippen LogP) is 3.61. The molecule has 0 unspecified atom stereocenters. The highest BCUT2D eigenvalue weighted by molar-refractivity contribution is 6.45. The number of hydrogen-bond acceptors (Lipinski definition) is 5. The van der Waals surface area contributed by atoms with E-state index in [9.17, 15) is 19.2 Å². The van der Waals surface area contributed by atoms with Gasteiger partial charge in [-0.1, -0.05) is 48.5 Å². The van der Waals surface area contributed by atoms with Crippen LogP contribution >= 0.6 is 0 Å². The summed E-state index contributed by atoms with van der Waals surface area (Å²) in [6.07, 6.45) is 1.41. The van der Waals surface area contributed by atoms with Gasteiger partial charge in [-0.25, -0.2) is 14.6 Å². The predicted molar refractivity (Wildman–Crippen MR) is 119 cm³/mol. The molecule has 33 heavy (non-hydrogen) atoms. The van der Waals surface area contributed by atoms with Crippen LogP contribution in [0, 0.1) is 0 Å². The first-order valence-corrected chi connectivity index (χ1v) is 10.3. The number of carbonyl (C=O) groups excluding carboxylic acids is 4. The lowest BCUT2D eigenvalue weighted by atomic mass is 10.0. The van der Waals surface area contributed by atoms with Crippen LogP contribution in [-0.2, 0) is 23.2 Å². The van der Waals surface area contributed by atoms with Crippen molar-refractivity contribution in [1.82, 2.24) is 14.4 Å². The van der Waals surface area contributed by atoms with Crippen LogP contribution in [-0.4, -0.2) is 44.5 Å². The van der Waals surface area contributed by atoms with E-state index in [1.807, 2.05) is 66.2 Å². The normalized spacial score (nSPS) is 14.0. The summed E-state index contributed by atoms with van der Waals surface area (Å²) in [7, 11) is 1.86. The average Bonchev–Trinajstić information content (AvgIpc) is 3.50. The second-order valence-corrected chi connectivity index (χ2v) is 7.73. The van der Waals surface area contributed by atoms with E-state index in [0.29, 0.717) is 27.3 Å². The number of fused-ring (bicyclic) bond motifs is 1. The maximum atomic E-state index is 13.5. The summed E-state index contributed by atoms with van der Waals surface area (Å²) in [4.78, 5) is 52.9. The van der Waals surface area contributed by atoms with Gasteiger partial charge in [0.25, 0.3) is 0 Å². The Balaban J connectivity index is 1.52. The summed E-state index contributed by atoms with van der Waals surface area (Å²) in [6.45, 7) is -0.712. The third-order valence-electron chi connectivity index (χ3n) is 5.76. The van der Waals surface area contributed by atoms with E-state index < -0.39 is 30.2 Å². The van der Waals surface area contributed by atoms with Crippen molar-refractivity contribution in [3.63, 3.8) is 0 Å². The Hall–Kier alpha value is -4.46. The molecular weight excluding hydrogens is 422 g/mol. The molecule has 5 rings (SSSR count). The maximum Gasteiger partial charge on any atom is 0.335 e. The molecule has 2 aromatic carbocycles. The first-order valence-electron chi connectivity index (χ1n) is 10.3. The highest BCUT2D eigenvalue weighted by atomic mass is 16.3. The Kier molecular flexibility index (Phi) is 4.90. The second-order valence-electron chi connectivity index (χ2n) is 7.73. The molecule has 1 saturated heterocycles. The molecule has 4 aromatic rings. The first-order chi connectivity index (χ1) is 16.0. The van der Waals surface area contributed by atoms with Crippen molar-refractivity contribution in [3.05, 3.63) is 84.3 Å². The zero-order valence-electron chi connectivity index (χ0n) is 17.7. The number of rotatable bonds is 6. The van der Waals surface area contributed by atoms with Crippen LogP contribution in [0.5, 0.6) is 0 Å². The van der Waals surface area contributed by atoms with E-state index in [-0.39, 0.29) is 6.54 Å². The number of urea groups is 1. The molecule has 0 aliphatic carbocycles. The number of ketones is 1. The van der Waals surface area contributed by atoms with Crippen LogP contribution in [0.4, 0.5) is 4.79 Å². The van der Waals surface area contributed by atoms with E-state index in [4.69, 9.17) is 4.42 Å². The van der Waals surface area contributed by atoms with Gasteiger partial charge in [-0.15, -0.1) is 0 Å². The van der Waals surface area contributed by atoms with Gasteiger partial charge in [0.2, 0.25) is 0 Å². The Morgan fingerprint density at radius 3 is 2.27 bits per heavy atom. The van der Waals surface area contributed by atoms with E-state index in [2.05, 4.69) is 0 Å². The van der Waals surface area contributed by atoms with Gasteiger partial charge in [0.15, 0.2) is 5.78 Å². The fraction of sp³-hybridized carbons (Fsp3) is 0.120. The Morgan fingerprint density at radius 2 is 1.55 bits per heavy atom. The van der Waals surface area contributed by atoms with Gasteiger partial charge in [0.05, 0.1) is 30.6 Å². The molecule has 0 spiro atoms. The van der Waals surface area contributed by atoms with Crippen LogP contribution < -0.4 is 0 Å². The number of Topliss-reactive ketones (excluding diaryl/α,β-unsaturated/α-hetero) is 1. The van der Waals surface area contributed by atoms with Gasteiger partial charge < -0.3 is 8.98 Å². The number of para-hydroxylation sites is 1. The fourth-order valence-corrected chi connectivity index (χ4v) is 4.22. The van der Waals surface area contributed by atoms with Gasteiger partial charge in [-0.05, 0) is 23.8 Å². The monoisotopic (exact) mass is 441 g/mol. The van der Waals surface area contributed by atoms with Gasteiger partial charge in [-0.2, -0.15) is 0 Å². The SMILES string of the molecule is Cn1c(-c2ccccc2)c(C(=O)CN2C(=O)C(=O)N(Cc3ccco3)C2=O)c2ccccc21. The highest BCUT2D eigenvalue weighted by Gasteiger charge is 2.45. The minimum Gasteiger partial charge on any atom is -0.467 e. The Morgan fingerprint density at radius 1 is 0.848 bits per heavy atom. The van der Waals surface area contributed by atoms with Crippen LogP contribution in [0.15, 0.2) is 77.4 Å². The van der Waals surface area contributed by atoms with Crippen molar-refractivity contribution < 1.29 is 23.6 Å². The number of carbonyl (C=O) groups is 4. The van der Waals surface area contributed by atoms with Crippen molar-refractivity contribution in [2.45, 2.75) is 6.54 Å². The van der Waals surface area contributed by atoms with Crippen LogP contribution in [0.2, 0.25) is 0 Å². The van der Waals surface area contributed by atoms with Crippen molar-refractivity contribution in [2.75, 3.05) is 6.54 Å². The van der Waals surface area contributed by atoms with Crippen molar-refractivity contribution in [1.29, 1.82) is 0 Å². The van der Waals surface area contributed by atoms with Gasteiger partial charge in [0.1, 0.15) is 5.76 Å². The number of nitrogens with zero attached hydrogens (tertiary/aromatic N) is 3. The first kappa shape index (κ1) is 20.4. The molecular formula is C25H19N3O5. The van der Waals surface area contributed by atoms with Gasteiger partial charge in [-0.3, -0.25) is 14.4 Å². The molecule has 4 amide bonds. The highest BCUT2D eigenvalue weighted by Crippen LogP contribution is 2.33. The molecule has 0 N–H and O–H groups in total. The van der Waals surface area contributed by atoms with Crippen LogP contribution in [0.3, 0.4) is 0 Å². The Labute approximate surface area is 188 Å². The molecule has 1 fully saturated rings. The van der Waals surface area contributed by atoms with E-state index in [0.717, 1.165) is 16.0 Å². The summed E-state index contributed by atoms with van der Waals surface area (Å²) in [5, 5.41) is 0.710. The molecule has 8 nitrogen and oxygen atoms in total. The second kappa shape index (κ2) is 7.90. The molecule has 0 saturated carbocycles. The summed E-state index contributed by atoms with van der Waals surface area (Å²) < 4.78 is 7.10. The lowest BCUT2D eigenvalue weighted by molar-refractivity contribution is -0.143. The summed E-state index contributed by atoms with van der Waals surface area (Å²) in [5.74, 6) is -2.08. The maximum absolute atomic E-state index is 13.5. The molecule has 3 heterocycles. The third kappa shape index (κ3) is 3.32. The van der Waals surface area contributed by atoms with Crippen molar-refractivity contribution in [3.8, 4) is 11.3 Å². The minimum absolute atomic E-state index is 0.176.